The molecule has 2 heterocycles. The summed E-state index contributed by atoms with van der Waals surface area (Å²) in [5, 5.41) is 8.88. The van der Waals surface area contributed by atoms with E-state index in [2.05, 4.69) is 20.7 Å². The lowest BCUT2D eigenvalue weighted by atomic mass is 10.0. The van der Waals surface area contributed by atoms with Crippen molar-refractivity contribution in [2.45, 2.75) is 17.7 Å². The number of halogens is 1. The van der Waals surface area contributed by atoms with Crippen molar-refractivity contribution in [1.29, 1.82) is 0 Å². The molecular weight excluding hydrogens is 370 g/mol. The number of carboxylic acids is 1. The molecule has 0 bridgehead atoms. The molecule has 112 valence electrons. The molecule has 0 amide bonds. The van der Waals surface area contributed by atoms with Crippen LogP contribution in [0.15, 0.2) is 14.7 Å². The van der Waals surface area contributed by atoms with Gasteiger partial charge in [0.15, 0.2) is 0 Å². The molecule has 1 saturated heterocycles. The zero-order chi connectivity index (χ0) is 14.8. The quantitative estimate of drug-likeness (QED) is 0.809. The maximum absolute atomic E-state index is 12.2. The Balaban J connectivity index is 2.07. The summed E-state index contributed by atoms with van der Waals surface area (Å²) in [5.41, 5.74) is 0. The Hall–Kier alpha value is -0.480. The van der Waals surface area contributed by atoms with E-state index in [1.165, 1.54) is 0 Å². The predicted octanol–water partition coefficient (Wildman–Crippen LogP) is 1.91. The third-order valence-electron chi connectivity index (χ3n) is 2.97. The number of carbonyl (C=O) groups is 1. The SMILES string of the molecule is O=C(O)c1cc(S(=O)(=O)NCC2CCCOC2)c(Br)s1. The van der Waals surface area contributed by atoms with Gasteiger partial charge in [-0.25, -0.2) is 17.9 Å². The molecule has 1 fully saturated rings. The van der Waals surface area contributed by atoms with Crippen LogP contribution in [0.1, 0.15) is 22.5 Å². The zero-order valence-electron chi connectivity index (χ0n) is 10.5. The van der Waals surface area contributed by atoms with E-state index in [0.717, 1.165) is 36.9 Å². The van der Waals surface area contributed by atoms with Crippen LogP contribution >= 0.6 is 27.3 Å². The lowest BCUT2D eigenvalue weighted by Gasteiger charge is -2.22. The topological polar surface area (TPSA) is 92.7 Å². The molecule has 0 saturated carbocycles. The third kappa shape index (κ3) is 3.79. The number of hydrogen-bond donors (Lipinski definition) is 2. The molecular formula is C11H14BrNO5S2. The van der Waals surface area contributed by atoms with Gasteiger partial charge in [0.25, 0.3) is 0 Å². The van der Waals surface area contributed by atoms with Crippen molar-refractivity contribution in [3.8, 4) is 0 Å². The molecule has 1 unspecified atom stereocenters. The molecule has 0 aliphatic carbocycles. The molecule has 6 nitrogen and oxygen atoms in total. The highest BCUT2D eigenvalue weighted by atomic mass is 79.9. The van der Waals surface area contributed by atoms with Crippen LogP contribution in [-0.2, 0) is 14.8 Å². The van der Waals surface area contributed by atoms with Crippen LogP contribution in [0.5, 0.6) is 0 Å². The van der Waals surface area contributed by atoms with Gasteiger partial charge in [-0.05, 0) is 40.8 Å². The molecule has 1 aliphatic heterocycles. The summed E-state index contributed by atoms with van der Waals surface area (Å²) in [7, 11) is -3.71. The number of hydrogen-bond acceptors (Lipinski definition) is 5. The number of thiophene rings is 1. The highest BCUT2D eigenvalue weighted by Gasteiger charge is 2.24. The van der Waals surface area contributed by atoms with Crippen LogP contribution in [-0.4, -0.2) is 39.3 Å². The molecule has 1 aromatic rings. The van der Waals surface area contributed by atoms with Crippen LogP contribution in [0.25, 0.3) is 0 Å². The maximum Gasteiger partial charge on any atom is 0.345 e. The Morgan fingerprint density at radius 3 is 2.90 bits per heavy atom. The zero-order valence-corrected chi connectivity index (χ0v) is 13.7. The average Bonchev–Trinajstić information content (AvgIpc) is 2.81. The van der Waals surface area contributed by atoms with Crippen molar-refractivity contribution in [3.05, 3.63) is 14.7 Å². The van der Waals surface area contributed by atoms with Gasteiger partial charge in [0.2, 0.25) is 10.0 Å². The Kier molecular flexibility index (Phi) is 5.19. The van der Waals surface area contributed by atoms with Gasteiger partial charge in [-0.1, -0.05) is 0 Å². The number of aromatic carboxylic acids is 1. The molecule has 9 heteroatoms. The Labute approximate surface area is 129 Å². The second-order valence-corrected chi connectivity index (χ2v) is 8.59. The summed E-state index contributed by atoms with van der Waals surface area (Å²) in [6, 6.07) is 1.16. The predicted molar refractivity (Wildman–Crippen MR) is 77.7 cm³/mol. The fourth-order valence-electron chi connectivity index (χ4n) is 1.91. The van der Waals surface area contributed by atoms with Crippen LogP contribution in [0.4, 0.5) is 0 Å². The standard InChI is InChI=1S/C11H14BrNO5S2/c12-10-9(4-8(19-10)11(14)15)20(16,17)13-5-7-2-1-3-18-6-7/h4,7,13H,1-3,5-6H2,(H,14,15). The van der Waals surface area contributed by atoms with E-state index >= 15 is 0 Å². The van der Waals surface area contributed by atoms with Gasteiger partial charge in [-0.3, -0.25) is 0 Å². The number of carboxylic acid groups (broad SMARTS) is 1. The van der Waals surface area contributed by atoms with E-state index < -0.39 is 16.0 Å². The fourth-order valence-corrected chi connectivity index (χ4v) is 5.43. The molecule has 1 aliphatic rings. The van der Waals surface area contributed by atoms with Crippen molar-refractivity contribution >= 4 is 43.3 Å². The Morgan fingerprint density at radius 1 is 1.60 bits per heavy atom. The second kappa shape index (κ2) is 6.52. The molecule has 0 aromatic carbocycles. The summed E-state index contributed by atoms with van der Waals surface area (Å²) in [6.07, 6.45) is 1.85. The van der Waals surface area contributed by atoms with E-state index in [1.54, 1.807) is 0 Å². The van der Waals surface area contributed by atoms with E-state index in [1.807, 2.05) is 0 Å². The Bertz CT molecular complexity index is 592. The van der Waals surface area contributed by atoms with Gasteiger partial charge in [0.05, 0.1) is 10.4 Å². The van der Waals surface area contributed by atoms with Gasteiger partial charge in [0, 0.05) is 13.2 Å². The fraction of sp³-hybridized carbons (Fsp3) is 0.545. The maximum atomic E-state index is 12.2. The average molecular weight is 384 g/mol. The van der Waals surface area contributed by atoms with Crippen LogP contribution < -0.4 is 4.72 Å². The van der Waals surface area contributed by atoms with Gasteiger partial charge in [0.1, 0.15) is 9.77 Å². The number of rotatable bonds is 5. The normalized spacial score (nSPS) is 19.9. The monoisotopic (exact) mass is 383 g/mol. The molecule has 0 radical (unpaired) electrons. The highest BCUT2D eigenvalue weighted by Crippen LogP contribution is 2.31. The smallest absolute Gasteiger partial charge is 0.345 e. The van der Waals surface area contributed by atoms with Crippen molar-refractivity contribution < 1.29 is 23.1 Å². The summed E-state index contributed by atoms with van der Waals surface area (Å²) < 4.78 is 32.4. The van der Waals surface area contributed by atoms with E-state index in [4.69, 9.17) is 9.84 Å². The van der Waals surface area contributed by atoms with Gasteiger partial charge >= 0.3 is 5.97 Å². The second-order valence-electron chi connectivity index (χ2n) is 4.49. The van der Waals surface area contributed by atoms with E-state index in [9.17, 15) is 13.2 Å². The lowest BCUT2D eigenvalue weighted by Crippen LogP contribution is -2.33. The van der Waals surface area contributed by atoms with E-state index in [0.29, 0.717) is 16.9 Å². The third-order valence-corrected chi connectivity index (χ3v) is 6.64. The van der Waals surface area contributed by atoms with Crippen LogP contribution in [0.3, 0.4) is 0 Å². The first-order valence-electron chi connectivity index (χ1n) is 6.00. The summed E-state index contributed by atoms with van der Waals surface area (Å²) in [5.74, 6) is -0.979. The van der Waals surface area contributed by atoms with Crippen molar-refractivity contribution in [1.82, 2.24) is 4.72 Å². The summed E-state index contributed by atoms with van der Waals surface area (Å²) in [4.78, 5) is 10.8. The van der Waals surface area contributed by atoms with E-state index in [-0.39, 0.29) is 15.7 Å². The minimum atomic E-state index is -3.71. The molecule has 0 spiro atoms. The van der Waals surface area contributed by atoms with Crippen molar-refractivity contribution in [3.63, 3.8) is 0 Å². The van der Waals surface area contributed by atoms with Gasteiger partial charge in [-0.15, -0.1) is 11.3 Å². The number of ether oxygens (including phenoxy) is 1. The minimum absolute atomic E-state index is 0.0155. The number of nitrogens with one attached hydrogen (secondary N) is 1. The summed E-state index contributed by atoms with van der Waals surface area (Å²) >= 11 is 3.98. The molecule has 1 aromatic heterocycles. The Morgan fingerprint density at radius 2 is 2.35 bits per heavy atom. The highest BCUT2D eigenvalue weighted by molar-refractivity contribution is 9.11. The van der Waals surface area contributed by atoms with Crippen molar-refractivity contribution in [2.24, 2.45) is 5.92 Å². The molecule has 20 heavy (non-hydrogen) atoms. The van der Waals surface area contributed by atoms with Crippen LogP contribution in [0, 0.1) is 5.92 Å². The lowest BCUT2D eigenvalue weighted by molar-refractivity contribution is 0.0568. The first kappa shape index (κ1) is 15.9. The summed E-state index contributed by atoms with van der Waals surface area (Å²) in [6.45, 7) is 1.57. The molecule has 1 atom stereocenters. The largest absolute Gasteiger partial charge is 0.477 e. The van der Waals surface area contributed by atoms with Crippen molar-refractivity contribution in [2.75, 3.05) is 19.8 Å². The number of sulfonamides is 1. The molecule has 2 N–H and O–H groups in total. The van der Waals surface area contributed by atoms with Gasteiger partial charge < -0.3 is 9.84 Å². The minimum Gasteiger partial charge on any atom is -0.477 e. The van der Waals surface area contributed by atoms with Crippen LogP contribution in [0.2, 0.25) is 0 Å². The first-order valence-corrected chi connectivity index (χ1v) is 9.09. The van der Waals surface area contributed by atoms with Gasteiger partial charge in [-0.2, -0.15) is 0 Å². The first-order chi connectivity index (χ1) is 9.40. The molecule has 2 rings (SSSR count).